The molecule has 0 fully saturated rings. The van der Waals surface area contributed by atoms with Gasteiger partial charge in [-0.2, -0.15) is 89.1 Å². The quantitative estimate of drug-likeness (QED) is 0.0978. The third-order valence-electron chi connectivity index (χ3n) is 9.81. The Hall–Kier alpha value is -6.60. The van der Waals surface area contributed by atoms with Crippen molar-refractivity contribution in [2.45, 2.75) is 59.3 Å². The molecule has 0 amide bonds. The van der Waals surface area contributed by atoms with Crippen LogP contribution in [0.25, 0.3) is 34.3 Å². The molecular weight excluding hydrogens is 1080 g/mol. The van der Waals surface area contributed by atoms with E-state index in [9.17, 15) is 52.7 Å². The van der Waals surface area contributed by atoms with E-state index in [1.165, 1.54) is 42.5 Å². The van der Waals surface area contributed by atoms with Crippen LogP contribution >= 0.6 is 0 Å². The van der Waals surface area contributed by atoms with Gasteiger partial charge < -0.3 is 19.2 Å². The zero-order valence-corrected chi connectivity index (χ0v) is 37.7. The Morgan fingerprint density at radius 1 is 0.522 bits per heavy atom. The van der Waals surface area contributed by atoms with Gasteiger partial charge in [0.25, 0.3) is 12.7 Å². The predicted molar refractivity (Wildman–Crippen MR) is 212 cm³/mol. The average Bonchev–Trinajstić information content (AvgIpc) is 3.94. The Labute approximate surface area is 388 Å². The molecule has 67 heavy (non-hydrogen) atoms. The summed E-state index contributed by atoms with van der Waals surface area (Å²) < 4.78 is 161. The van der Waals surface area contributed by atoms with E-state index in [1.54, 1.807) is 40.8 Å². The molecule has 0 aliphatic heterocycles. The zero-order chi connectivity index (χ0) is 48.4. The third-order valence-corrected chi connectivity index (χ3v) is 9.81. The van der Waals surface area contributed by atoms with Crippen molar-refractivity contribution < 1.29 is 81.9 Å². The van der Waals surface area contributed by atoms with Gasteiger partial charge in [0.05, 0.1) is 39.6 Å². The summed E-state index contributed by atoms with van der Waals surface area (Å²) in [7, 11) is 0. The molecule has 353 valence electrons. The fourth-order valence-corrected chi connectivity index (χ4v) is 6.20. The normalized spacial score (nSPS) is 11.8. The van der Waals surface area contributed by atoms with E-state index in [0.29, 0.717) is 34.4 Å². The zero-order valence-electron chi connectivity index (χ0n) is 35.3. The van der Waals surface area contributed by atoms with E-state index < -0.39 is 47.0 Å². The molecule has 4 aromatic heterocycles. The smallest absolute Gasteiger partial charge is 0.415 e. The number of nitrogens with zero attached hydrogens (tertiary/aromatic N) is 8. The van der Waals surface area contributed by atoms with E-state index in [2.05, 4.69) is 45.0 Å². The summed E-state index contributed by atoms with van der Waals surface area (Å²) >= 11 is 0. The summed E-state index contributed by atoms with van der Waals surface area (Å²) in [5.74, 6) is 1.27. The van der Waals surface area contributed by atoms with Gasteiger partial charge in [0.2, 0.25) is 0 Å². The molecule has 0 aliphatic carbocycles. The standard InChI is InChI=1S/2C19H13F6N2.C8H7N4.Ir/c2*1-12-13(2)27(17-8-4-6-15(10-17)19(23,24)25)11-26(12)16-7-3-5-14(9-16)18(20,21)22;1-6-10-8(12-11-6)7-4-2-3-5-9-7;/h2*3-7,9-10H,1-2H3;2-5H,1H3;/q3*-1;. The maximum absolute atomic E-state index is 13.0. The van der Waals surface area contributed by atoms with Crippen LogP contribution in [0.5, 0.6) is 0 Å². The van der Waals surface area contributed by atoms with Crippen LogP contribution in [0.4, 0.5) is 52.7 Å². The van der Waals surface area contributed by atoms with E-state index in [4.69, 9.17) is 0 Å². The molecule has 0 aliphatic rings. The molecule has 4 aromatic carbocycles. The van der Waals surface area contributed by atoms with Crippen LogP contribution in [0.15, 0.2) is 109 Å². The number of halogens is 12. The maximum Gasteiger partial charge on any atom is 0.415 e. The molecule has 21 heteroatoms. The van der Waals surface area contributed by atoms with Crippen molar-refractivity contribution in [1.29, 1.82) is 0 Å². The number of benzene rings is 4. The van der Waals surface area contributed by atoms with Crippen LogP contribution in [-0.4, -0.2) is 24.2 Å². The second-order valence-electron chi connectivity index (χ2n) is 14.3. The Balaban J connectivity index is 0.000000200. The first kappa shape index (κ1) is 51.4. The minimum Gasteiger partial charge on any atom is -0.421 e. The first-order chi connectivity index (χ1) is 30.8. The van der Waals surface area contributed by atoms with Crippen molar-refractivity contribution in [2.24, 2.45) is 0 Å². The van der Waals surface area contributed by atoms with Gasteiger partial charge in [0.1, 0.15) is 0 Å². The van der Waals surface area contributed by atoms with Crippen LogP contribution in [0.3, 0.4) is 0 Å². The van der Waals surface area contributed by atoms with Gasteiger partial charge in [-0.3, -0.25) is 19.2 Å². The molecule has 1 radical (unpaired) electrons. The van der Waals surface area contributed by atoms with E-state index in [1.807, 2.05) is 18.2 Å². The minimum atomic E-state index is -4.52. The van der Waals surface area contributed by atoms with Gasteiger partial charge in [0.15, 0.2) is 0 Å². The van der Waals surface area contributed by atoms with Gasteiger partial charge in [-0.1, -0.05) is 41.5 Å². The summed E-state index contributed by atoms with van der Waals surface area (Å²) in [6, 6.07) is 26.2. The molecule has 0 spiro atoms. The average molecular weight is 1120 g/mol. The van der Waals surface area contributed by atoms with E-state index >= 15 is 0 Å². The Morgan fingerprint density at radius 2 is 0.940 bits per heavy atom. The topological polar surface area (TPSA) is 70.4 Å². The number of hydrogen-bond donors (Lipinski definition) is 0. The van der Waals surface area contributed by atoms with Crippen molar-refractivity contribution in [2.75, 3.05) is 0 Å². The van der Waals surface area contributed by atoms with Gasteiger partial charge in [0, 0.05) is 43.5 Å². The number of hydrogen-bond acceptors (Lipinski definition) is 3. The number of pyridine rings is 1. The molecule has 8 aromatic rings. The van der Waals surface area contributed by atoms with Crippen LogP contribution in [0.1, 0.15) is 50.9 Å². The molecule has 0 saturated heterocycles. The molecule has 8 nitrogen and oxygen atoms in total. The number of aromatic nitrogens is 8. The SMILES string of the molecule is Cc1c(C)[n+](-c2cccc(C(F)(F)F)c2)[c-]n1-c1[c-]ccc(C(F)(F)F)c1.Cc1c(C)[n+](-c2cccc(C(F)(F)F)c2)[c-]n1-c1[c-]ccc(C(F)(F)F)c1.Cc1n[n-]c(-c2ccccn2)n1.[Ir]. The molecule has 8 rings (SSSR count). The molecule has 0 saturated carbocycles. The van der Waals surface area contributed by atoms with Crippen molar-refractivity contribution in [3.05, 3.63) is 185 Å². The number of alkyl halides is 12. The van der Waals surface area contributed by atoms with Crippen molar-refractivity contribution in [3.8, 4) is 34.3 Å². The first-order valence-electron chi connectivity index (χ1n) is 19.2. The fourth-order valence-electron chi connectivity index (χ4n) is 6.20. The van der Waals surface area contributed by atoms with Gasteiger partial charge in [-0.25, -0.2) is 0 Å². The summed E-state index contributed by atoms with van der Waals surface area (Å²) in [4.78, 5) is 8.19. The van der Waals surface area contributed by atoms with Crippen molar-refractivity contribution >= 4 is 0 Å². The third kappa shape index (κ3) is 12.2. The Morgan fingerprint density at radius 3 is 1.30 bits per heavy atom. The molecule has 4 heterocycles. The maximum atomic E-state index is 13.0. The first-order valence-corrected chi connectivity index (χ1v) is 19.2. The van der Waals surface area contributed by atoms with Crippen LogP contribution < -0.4 is 14.2 Å². The second-order valence-corrected chi connectivity index (χ2v) is 14.3. The van der Waals surface area contributed by atoms with Crippen molar-refractivity contribution in [3.63, 3.8) is 0 Å². The molecule has 0 bridgehead atoms. The Kier molecular flexibility index (Phi) is 15.4. The predicted octanol–water partition coefficient (Wildman–Crippen LogP) is 10.8. The number of aryl methyl sites for hydroxylation is 1. The number of imidazole rings is 2. The van der Waals surface area contributed by atoms with E-state index in [0.717, 1.165) is 66.4 Å². The minimum absolute atomic E-state index is 0. The molecule has 0 atom stereocenters. The number of rotatable bonds is 5. The van der Waals surface area contributed by atoms with Gasteiger partial charge in [-0.15, -0.1) is 12.1 Å². The molecular formula is C46H33F12IrN8-3. The van der Waals surface area contributed by atoms with Crippen molar-refractivity contribution in [1.82, 2.24) is 29.3 Å². The largest absolute Gasteiger partial charge is 0.421 e. The molecule has 0 N–H and O–H groups in total. The summed E-state index contributed by atoms with van der Waals surface area (Å²) in [6.07, 6.45) is -10.7. The second kappa shape index (κ2) is 20.1. The van der Waals surface area contributed by atoms with Crippen LogP contribution in [-0.2, 0) is 44.8 Å². The van der Waals surface area contributed by atoms with Gasteiger partial charge >= 0.3 is 24.7 Å². The van der Waals surface area contributed by atoms with E-state index in [-0.39, 0.29) is 42.9 Å². The van der Waals surface area contributed by atoms with Crippen LogP contribution in [0, 0.1) is 59.4 Å². The van der Waals surface area contributed by atoms with Gasteiger partial charge in [-0.05, 0) is 88.2 Å². The fraction of sp³-hybridized carbons (Fsp3) is 0.196. The monoisotopic (exact) mass is 1120 g/mol. The summed E-state index contributed by atoms with van der Waals surface area (Å²) in [5.41, 5.74) is 0.165. The summed E-state index contributed by atoms with van der Waals surface area (Å²) in [5, 5.41) is 7.65. The Bertz CT molecular complexity index is 2630. The summed E-state index contributed by atoms with van der Waals surface area (Å²) in [6.45, 7) is 8.39. The molecule has 0 unspecified atom stereocenters. The van der Waals surface area contributed by atoms with Crippen LogP contribution in [0.2, 0.25) is 0 Å².